The van der Waals surface area contributed by atoms with E-state index in [1.165, 1.54) is 11.3 Å². The standard InChI is InChI=1S/C11H9N3O2S.C2H6/c1-16-11-13-14-6-9(12-10(14)17-11)7-2-4-8(15)5-3-7;1-2/h2-6,15H,1H3;1-2H3. The summed E-state index contributed by atoms with van der Waals surface area (Å²) in [5.41, 5.74) is 1.77. The van der Waals surface area contributed by atoms with Gasteiger partial charge in [0, 0.05) is 5.56 Å². The summed E-state index contributed by atoms with van der Waals surface area (Å²) in [6.45, 7) is 4.00. The molecule has 0 radical (unpaired) electrons. The predicted octanol–water partition coefficient (Wildman–Crippen LogP) is 3.20. The van der Waals surface area contributed by atoms with Gasteiger partial charge in [-0.3, -0.25) is 0 Å². The van der Waals surface area contributed by atoms with Gasteiger partial charge in [-0.15, -0.1) is 5.10 Å². The highest BCUT2D eigenvalue weighted by Gasteiger charge is 2.09. The Balaban J connectivity index is 0.000000637. The molecule has 0 amide bonds. The third-order valence-electron chi connectivity index (χ3n) is 2.36. The summed E-state index contributed by atoms with van der Waals surface area (Å²) in [5, 5.41) is 14.0. The Labute approximate surface area is 115 Å². The number of rotatable bonds is 2. The van der Waals surface area contributed by atoms with Crippen LogP contribution in [-0.4, -0.2) is 26.8 Å². The maximum absolute atomic E-state index is 9.22. The van der Waals surface area contributed by atoms with Crippen LogP contribution in [0.15, 0.2) is 30.5 Å². The Morgan fingerprint density at radius 3 is 2.47 bits per heavy atom. The SMILES string of the molecule is CC.COc1nn2cc(-c3ccc(O)cc3)nc2s1. The first-order valence-corrected chi connectivity index (χ1v) is 6.77. The highest BCUT2D eigenvalue weighted by molar-refractivity contribution is 7.18. The zero-order valence-corrected chi connectivity index (χ0v) is 11.8. The Hall–Kier alpha value is -2.08. The largest absolute Gasteiger partial charge is 0.508 e. The van der Waals surface area contributed by atoms with Crippen LogP contribution in [0.5, 0.6) is 10.9 Å². The molecular weight excluding hydrogens is 262 g/mol. The molecule has 0 saturated heterocycles. The van der Waals surface area contributed by atoms with Crippen LogP contribution in [0.4, 0.5) is 0 Å². The molecule has 1 aromatic carbocycles. The minimum absolute atomic E-state index is 0.245. The third-order valence-corrected chi connectivity index (χ3v) is 3.25. The number of imidazole rings is 1. The molecule has 0 unspecified atom stereocenters. The van der Waals surface area contributed by atoms with Gasteiger partial charge in [0.05, 0.1) is 19.0 Å². The summed E-state index contributed by atoms with van der Waals surface area (Å²) in [7, 11) is 1.58. The van der Waals surface area contributed by atoms with Crippen molar-refractivity contribution in [1.29, 1.82) is 0 Å². The van der Waals surface area contributed by atoms with Gasteiger partial charge in [-0.05, 0) is 35.6 Å². The van der Waals surface area contributed by atoms with Crippen LogP contribution < -0.4 is 4.74 Å². The van der Waals surface area contributed by atoms with E-state index in [1.54, 1.807) is 23.8 Å². The molecule has 2 aromatic heterocycles. The fraction of sp³-hybridized carbons (Fsp3) is 0.231. The minimum atomic E-state index is 0.245. The van der Waals surface area contributed by atoms with Crippen molar-refractivity contribution in [3.63, 3.8) is 0 Å². The highest BCUT2D eigenvalue weighted by atomic mass is 32.1. The van der Waals surface area contributed by atoms with Crippen LogP contribution in [0.2, 0.25) is 0 Å². The number of fused-ring (bicyclic) bond motifs is 1. The number of nitrogens with zero attached hydrogens (tertiary/aromatic N) is 3. The summed E-state index contributed by atoms with van der Waals surface area (Å²) < 4.78 is 6.72. The lowest BCUT2D eigenvalue weighted by atomic mass is 10.2. The zero-order chi connectivity index (χ0) is 13.8. The van der Waals surface area contributed by atoms with Gasteiger partial charge in [-0.25, -0.2) is 9.50 Å². The van der Waals surface area contributed by atoms with Crippen molar-refractivity contribution in [3.05, 3.63) is 30.5 Å². The first kappa shape index (κ1) is 13.4. The second-order valence-corrected chi connectivity index (χ2v) is 4.39. The average molecular weight is 277 g/mol. The molecule has 5 nitrogen and oxygen atoms in total. The topological polar surface area (TPSA) is 59.7 Å². The number of methoxy groups -OCH3 is 1. The molecule has 0 aliphatic heterocycles. The second-order valence-electron chi connectivity index (χ2n) is 3.47. The van der Waals surface area contributed by atoms with E-state index in [9.17, 15) is 5.11 Å². The fourth-order valence-corrected chi connectivity index (χ4v) is 2.24. The summed E-state index contributed by atoms with van der Waals surface area (Å²) >= 11 is 1.39. The molecule has 0 fully saturated rings. The van der Waals surface area contributed by atoms with Gasteiger partial charge >= 0.3 is 0 Å². The lowest BCUT2D eigenvalue weighted by Gasteiger charge is -1.95. The number of aromatic hydroxyl groups is 1. The number of aromatic nitrogens is 3. The molecule has 1 N–H and O–H groups in total. The van der Waals surface area contributed by atoms with Crippen molar-refractivity contribution >= 4 is 16.3 Å². The zero-order valence-electron chi connectivity index (χ0n) is 11.0. The molecule has 0 saturated carbocycles. The number of ether oxygens (including phenoxy) is 1. The van der Waals surface area contributed by atoms with Crippen molar-refractivity contribution in [2.75, 3.05) is 7.11 Å². The van der Waals surface area contributed by atoms with E-state index in [0.717, 1.165) is 16.2 Å². The van der Waals surface area contributed by atoms with Gasteiger partial charge < -0.3 is 9.84 Å². The van der Waals surface area contributed by atoms with E-state index in [0.29, 0.717) is 5.19 Å². The highest BCUT2D eigenvalue weighted by Crippen LogP contribution is 2.26. The molecule has 0 aliphatic carbocycles. The Morgan fingerprint density at radius 1 is 1.21 bits per heavy atom. The van der Waals surface area contributed by atoms with Gasteiger partial charge in [0.15, 0.2) is 0 Å². The van der Waals surface area contributed by atoms with Crippen LogP contribution in [0.3, 0.4) is 0 Å². The van der Waals surface area contributed by atoms with Gasteiger partial charge in [-0.1, -0.05) is 13.8 Å². The molecule has 0 aliphatic rings. The molecular formula is C13H15N3O2S. The molecule has 3 rings (SSSR count). The number of hydrogen-bond donors (Lipinski definition) is 1. The molecule has 100 valence electrons. The summed E-state index contributed by atoms with van der Waals surface area (Å²) in [4.78, 5) is 5.22. The quantitative estimate of drug-likeness (QED) is 0.781. The minimum Gasteiger partial charge on any atom is -0.508 e. The van der Waals surface area contributed by atoms with Gasteiger partial charge in [0.1, 0.15) is 5.75 Å². The second kappa shape index (κ2) is 5.71. The van der Waals surface area contributed by atoms with E-state index in [2.05, 4.69) is 10.1 Å². The molecule has 19 heavy (non-hydrogen) atoms. The van der Waals surface area contributed by atoms with E-state index in [-0.39, 0.29) is 5.75 Å². The first-order chi connectivity index (χ1) is 9.26. The normalized spacial score (nSPS) is 10.1. The van der Waals surface area contributed by atoms with Crippen LogP contribution >= 0.6 is 11.3 Å². The smallest absolute Gasteiger partial charge is 0.294 e. The van der Waals surface area contributed by atoms with E-state index in [1.807, 2.05) is 32.2 Å². The van der Waals surface area contributed by atoms with Crippen LogP contribution in [0.1, 0.15) is 13.8 Å². The Morgan fingerprint density at radius 2 is 1.89 bits per heavy atom. The average Bonchev–Trinajstić information content (AvgIpc) is 2.99. The molecule has 6 heteroatoms. The van der Waals surface area contributed by atoms with Crippen LogP contribution in [-0.2, 0) is 0 Å². The van der Waals surface area contributed by atoms with Crippen molar-refractivity contribution in [2.24, 2.45) is 0 Å². The van der Waals surface area contributed by atoms with Crippen LogP contribution in [0, 0.1) is 0 Å². The molecule has 2 heterocycles. The van der Waals surface area contributed by atoms with E-state index in [4.69, 9.17) is 4.74 Å². The van der Waals surface area contributed by atoms with Gasteiger partial charge in [0.2, 0.25) is 4.96 Å². The van der Waals surface area contributed by atoms with Crippen molar-refractivity contribution < 1.29 is 9.84 Å². The van der Waals surface area contributed by atoms with E-state index >= 15 is 0 Å². The number of benzene rings is 1. The number of phenolic OH excluding ortho intramolecular Hbond substituents is 1. The van der Waals surface area contributed by atoms with Gasteiger partial charge in [0.25, 0.3) is 5.19 Å². The lowest BCUT2D eigenvalue weighted by Crippen LogP contribution is -1.84. The molecule has 0 atom stereocenters. The van der Waals surface area contributed by atoms with Crippen molar-refractivity contribution in [1.82, 2.24) is 14.6 Å². The van der Waals surface area contributed by atoms with E-state index < -0.39 is 0 Å². The maximum atomic E-state index is 9.22. The number of phenols is 1. The summed E-state index contributed by atoms with van der Waals surface area (Å²) in [6.07, 6.45) is 1.83. The summed E-state index contributed by atoms with van der Waals surface area (Å²) in [6, 6.07) is 6.91. The van der Waals surface area contributed by atoms with Crippen molar-refractivity contribution in [3.8, 4) is 22.2 Å². The first-order valence-electron chi connectivity index (χ1n) is 5.96. The number of hydrogen-bond acceptors (Lipinski definition) is 5. The molecule has 0 bridgehead atoms. The Bertz CT molecular complexity index is 627. The lowest BCUT2D eigenvalue weighted by molar-refractivity contribution is 0.405. The Kier molecular flexibility index (Phi) is 4.01. The molecule has 0 spiro atoms. The summed E-state index contributed by atoms with van der Waals surface area (Å²) in [5.74, 6) is 0.245. The maximum Gasteiger partial charge on any atom is 0.294 e. The monoisotopic (exact) mass is 277 g/mol. The molecule has 3 aromatic rings. The fourth-order valence-electron chi connectivity index (χ4n) is 1.54. The predicted molar refractivity (Wildman–Crippen MR) is 75.9 cm³/mol. The van der Waals surface area contributed by atoms with Crippen LogP contribution in [0.25, 0.3) is 16.2 Å². The van der Waals surface area contributed by atoms with Gasteiger partial charge in [-0.2, -0.15) is 0 Å². The van der Waals surface area contributed by atoms with Crippen molar-refractivity contribution in [2.45, 2.75) is 13.8 Å². The third kappa shape index (κ3) is 2.68.